The van der Waals surface area contributed by atoms with E-state index in [1.807, 2.05) is 0 Å². The molecule has 0 aliphatic heterocycles. The Bertz CT molecular complexity index is 259. The number of carbonyl (C=O) groups excluding carboxylic acids is 2. The van der Waals surface area contributed by atoms with E-state index >= 15 is 0 Å². The highest BCUT2D eigenvalue weighted by atomic mass is 16.5. The predicted octanol–water partition coefficient (Wildman–Crippen LogP) is 0.749. The predicted molar refractivity (Wildman–Crippen MR) is 62.3 cm³/mol. The largest absolute Gasteiger partial charge is 0.466 e. The van der Waals surface area contributed by atoms with Gasteiger partial charge < -0.3 is 15.2 Å². The van der Waals surface area contributed by atoms with Gasteiger partial charge in [0.25, 0.3) is 0 Å². The summed E-state index contributed by atoms with van der Waals surface area (Å²) in [7, 11) is 0. The summed E-state index contributed by atoms with van der Waals surface area (Å²) < 4.78 is 4.74. The molecule has 2 N–H and O–H groups in total. The lowest BCUT2D eigenvalue weighted by molar-refractivity contribution is -0.144. The average molecular weight is 243 g/mol. The van der Waals surface area contributed by atoms with Crippen LogP contribution in [0.4, 0.5) is 0 Å². The monoisotopic (exact) mass is 243 g/mol. The van der Waals surface area contributed by atoms with Crippen molar-refractivity contribution in [3.05, 3.63) is 0 Å². The van der Waals surface area contributed by atoms with Gasteiger partial charge >= 0.3 is 5.97 Å². The molecule has 0 unspecified atom stereocenters. The third-order valence-electron chi connectivity index (χ3n) is 2.92. The number of carbonyl (C=O) groups is 2. The van der Waals surface area contributed by atoms with Gasteiger partial charge in [-0.15, -0.1) is 0 Å². The number of hydrogen-bond donors (Lipinski definition) is 2. The maximum absolute atomic E-state index is 11.5. The van der Waals surface area contributed by atoms with Gasteiger partial charge in [-0.3, -0.25) is 9.59 Å². The van der Waals surface area contributed by atoms with Crippen LogP contribution in [0.2, 0.25) is 0 Å². The Morgan fingerprint density at radius 2 is 1.88 bits per heavy atom. The second-order valence-electron chi connectivity index (χ2n) is 4.38. The highest BCUT2D eigenvalue weighted by molar-refractivity contribution is 5.81. The van der Waals surface area contributed by atoms with Gasteiger partial charge in [-0.05, 0) is 32.6 Å². The molecule has 1 aliphatic rings. The third-order valence-corrected chi connectivity index (χ3v) is 2.92. The molecule has 1 aliphatic carbocycles. The zero-order valence-electron chi connectivity index (χ0n) is 10.3. The fraction of sp³-hybridized carbons (Fsp3) is 0.833. The minimum atomic E-state index is -0.332. The zero-order chi connectivity index (χ0) is 12.7. The molecule has 0 aromatic rings. The molecule has 0 heterocycles. The van der Waals surface area contributed by atoms with Gasteiger partial charge in [0, 0.05) is 12.5 Å². The van der Waals surface area contributed by atoms with E-state index in [0.717, 1.165) is 25.7 Å². The fourth-order valence-electron chi connectivity index (χ4n) is 1.97. The van der Waals surface area contributed by atoms with Crippen molar-refractivity contribution < 1.29 is 19.4 Å². The third kappa shape index (κ3) is 5.68. The molecular formula is C12H21NO4. The van der Waals surface area contributed by atoms with Crippen LogP contribution in [-0.2, 0) is 14.3 Å². The van der Waals surface area contributed by atoms with E-state index in [2.05, 4.69) is 5.32 Å². The lowest BCUT2D eigenvalue weighted by Crippen LogP contribution is -2.38. The van der Waals surface area contributed by atoms with Gasteiger partial charge in [0.2, 0.25) is 5.91 Å². The minimum absolute atomic E-state index is 0.112. The molecule has 0 radical (unpaired) electrons. The summed E-state index contributed by atoms with van der Waals surface area (Å²) in [6, 6.07) is 0.146. The number of esters is 1. The molecule has 17 heavy (non-hydrogen) atoms. The molecule has 0 saturated heterocycles. The summed E-state index contributed by atoms with van der Waals surface area (Å²) in [5.74, 6) is -0.443. The molecule has 0 aromatic carbocycles. The normalized spacial score (nSPS) is 24.1. The number of amides is 1. The van der Waals surface area contributed by atoms with Gasteiger partial charge in [0.1, 0.15) is 0 Å². The molecule has 5 heteroatoms. The van der Waals surface area contributed by atoms with E-state index in [1.165, 1.54) is 0 Å². The Labute approximate surface area is 102 Å². The Hall–Kier alpha value is -1.10. The smallest absolute Gasteiger partial charge is 0.306 e. The van der Waals surface area contributed by atoms with E-state index in [4.69, 9.17) is 4.74 Å². The Morgan fingerprint density at radius 1 is 1.24 bits per heavy atom. The summed E-state index contributed by atoms with van der Waals surface area (Å²) in [5, 5.41) is 12.2. The zero-order valence-corrected chi connectivity index (χ0v) is 10.3. The van der Waals surface area contributed by atoms with Crippen LogP contribution in [0.25, 0.3) is 0 Å². The number of nitrogens with one attached hydrogen (secondary N) is 1. The standard InChI is InChI=1S/C12H21NO4/c1-2-17-12(16)8-7-11(15)13-9-3-5-10(14)6-4-9/h9-10,14H,2-8H2,1H3,(H,13,15). The van der Waals surface area contributed by atoms with Crippen LogP contribution in [-0.4, -0.2) is 35.7 Å². The first-order valence-corrected chi connectivity index (χ1v) is 6.25. The first-order chi connectivity index (χ1) is 8.11. The average Bonchev–Trinajstić information content (AvgIpc) is 2.30. The van der Waals surface area contributed by atoms with E-state index in [-0.39, 0.29) is 36.9 Å². The molecule has 5 nitrogen and oxygen atoms in total. The van der Waals surface area contributed by atoms with Crippen molar-refractivity contribution >= 4 is 11.9 Å². The molecule has 0 bridgehead atoms. The maximum atomic E-state index is 11.5. The van der Waals surface area contributed by atoms with Gasteiger partial charge in [-0.1, -0.05) is 0 Å². The highest BCUT2D eigenvalue weighted by Gasteiger charge is 2.20. The maximum Gasteiger partial charge on any atom is 0.306 e. The first kappa shape index (κ1) is 14.0. The van der Waals surface area contributed by atoms with Crippen molar-refractivity contribution in [2.75, 3.05) is 6.61 Å². The Morgan fingerprint density at radius 3 is 2.47 bits per heavy atom. The van der Waals surface area contributed by atoms with Crippen molar-refractivity contribution in [1.82, 2.24) is 5.32 Å². The van der Waals surface area contributed by atoms with E-state index in [9.17, 15) is 14.7 Å². The molecule has 0 atom stereocenters. The Balaban J connectivity index is 2.14. The second-order valence-corrected chi connectivity index (χ2v) is 4.38. The van der Waals surface area contributed by atoms with Crippen LogP contribution in [0.3, 0.4) is 0 Å². The van der Waals surface area contributed by atoms with Crippen LogP contribution >= 0.6 is 0 Å². The topological polar surface area (TPSA) is 75.6 Å². The first-order valence-electron chi connectivity index (χ1n) is 6.25. The molecule has 1 rings (SSSR count). The fourth-order valence-corrected chi connectivity index (χ4v) is 1.97. The van der Waals surface area contributed by atoms with Crippen molar-refractivity contribution in [3.8, 4) is 0 Å². The summed E-state index contributed by atoms with van der Waals surface area (Å²) in [5.41, 5.74) is 0. The molecule has 98 valence electrons. The lowest BCUT2D eigenvalue weighted by atomic mass is 9.93. The minimum Gasteiger partial charge on any atom is -0.466 e. The number of rotatable bonds is 5. The van der Waals surface area contributed by atoms with E-state index in [1.54, 1.807) is 6.92 Å². The number of hydrogen-bond acceptors (Lipinski definition) is 4. The van der Waals surface area contributed by atoms with Crippen LogP contribution in [0.1, 0.15) is 45.4 Å². The van der Waals surface area contributed by atoms with Gasteiger partial charge in [-0.2, -0.15) is 0 Å². The van der Waals surface area contributed by atoms with Crippen molar-refractivity contribution in [2.24, 2.45) is 0 Å². The van der Waals surface area contributed by atoms with Crippen LogP contribution in [0, 0.1) is 0 Å². The molecule has 0 aromatic heterocycles. The number of ether oxygens (including phenoxy) is 1. The summed E-state index contributed by atoms with van der Waals surface area (Å²) in [4.78, 5) is 22.6. The van der Waals surface area contributed by atoms with Crippen LogP contribution < -0.4 is 5.32 Å². The molecular weight excluding hydrogens is 222 g/mol. The lowest BCUT2D eigenvalue weighted by Gasteiger charge is -2.26. The second kappa shape index (κ2) is 7.27. The van der Waals surface area contributed by atoms with Crippen molar-refractivity contribution in [2.45, 2.75) is 57.6 Å². The Kier molecular flexibility index (Phi) is 5.97. The van der Waals surface area contributed by atoms with E-state index in [0.29, 0.717) is 6.61 Å². The van der Waals surface area contributed by atoms with Gasteiger partial charge in [0.05, 0.1) is 19.1 Å². The summed E-state index contributed by atoms with van der Waals surface area (Å²) in [6.07, 6.45) is 3.19. The van der Waals surface area contributed by atoms with E-state index < -0.39 is 0 Å². The van der Waals surface area contributed by atoms with Crippen LogP contribution in [0.15, 0.2) is 0 Å². The van der Waals surface area contributed by atoms with Crippen molar-refractivity contribution in [3.63, 3.8) is 0 Å². The molecule has 1 amide bonds. The highest BCUT2D eigenvalue weighted by Crippen LogP contribution is 2.18. The quantitative estimate of drug-likeness (QED) is 0.699. The molecule has 0 spiro atoms. The molecule has 1 saturated carbocycles. The number of aliphatic hydroxyl groups excluding tert-OH is 1. The van der Waals surface area contributed by atoms with Crippen LogP contribution in [0.5, 0.6) is 0 Å². The SMILES string of the molecule is CCOC(=O)CCC(=O)NC1CCC(O)CC1. The molecule has 1 fully saturated rings. The number of aliphatic hydroxyl groups is 1. The summed E-state index contributed by atoms with van der Waals surface area (Å²) in [6.45, 7) is 2.09. The van der Waals surface area contributed by atoms with Crippen molar-refractivity contribution in [1.29, 1.82) is 0 Å². The van der Waals surface area contributed by atoms with Gasteiger partial charge in [-0.25, -0.2) is 0 Å². The van der Waals surface area contributed by atoms with Gasteiger partial charge in [0.15, 0.2) is 0 Å². The summed E-state index contributed by atoms with van der Waals surface area (Å²) >= 11 is 0.